The maximum Gasteiger partial charge on any atom is 0.321 e. The van der Waals surface area contributed by atoms with Gasteiger partial charge in [0, 0.05) is 42.7 Å². The normalized spacial score (nSPS) is 13.8. The number of rotatable bonds is 27. The third-order valence-corrected chi connectivity index (χ3v) is 11.6. The number of carboxylic acid groups (broad SMARTS) is 1. The molecule has 0 radical (unpaired) electrons. The number of hydrogen-bond donors (Lipinski definition) is 8. The monoisotopic (exact) mass is 892 g/mol. The first kappa shape index (κ1) is 52.0. The van der Waals surface area contributed by atoms with Crippen molar-refractivity contribution in [3.8, 4) is 0 Å². The van der Waals surface area contributed by atoms with Crippen molar-refractivity contribution in [3.63, 3.8) is 0 Å². The van der Waals surface area contributed by atoms with Crippen LogP contribution in [0.3, 0.4) is 0 Å². The molecule has 0 aliphatic carbocycles. The molecule has 2 rings (SSSR count). The molecular formula is C41H61ClN8O10S. The number of benzene rings is 2. The number of hydrogen-bond acceptors (Lipinski definition) is 10. The Morgan fingerprint density at radius 2 is 1.46 bits per heavy atom. The molecule has 20 heteroatoms. The number of halogens is 1. The molecule has 0 fully saturated rings. The standard InChI is InChI=1S/C41H61ClN8O10S/c1-6-26(4)36(39(55)45-23-9-7-8-10-34(44)51)50(5)40(56)33(24-25(2)3)48-38(54)31(21-22-43)47-35(52)20-19-32(41(57)58)49-61(59,60)30-17-15-29(16-18-30)46-37(53)27-11-13-28(42)14-12-27/h11-18,25-26,31-33,36,49H,6-10,19-24,43H2,1-5H3,(H2,44,51)(H,45,55)(H,46,53)(H,47,52)(H,48,54)(H,57,58)/t26-,31-,32+,33-,36-/m0/s1. The van der Waals surface area contributed by atoms with Gasteiger partial charge in [0.1, 0.15) is 24.2 Å². The minimum absolute atomic E-state index is 0.0407. The number of likely N-dealkylation sites (N-methyl/N-ethyl adjacent to an activating group) is 1. The van der Waals surface area contributed by atoms with Crippen molar-refractivity contribution < 1.29 is 47.1 Å². The molecule has 0 heterocycles. The van der Waals surface area contributed by atoms with Crippen LogP contribution in [0.15, 0.2) is 53.4 Å². The van der Waals surface area contributed by atoms with Gasteiger partial charge in [-0.05, 0) is 99.0 Å². The second kappa shape index (κ2) is 25.6. The molecule has 0 bridgehead atoms. The fourth-order valence-corrected chi connectivity index (χ4v) is 7.64. The number of aliphatic carboxylic acids is 1. The maximum atomic E-state index is 14.0. The van der Waals surface area contributed by atoms with E-state index in [-0.39, 0.29) is 54.1 Å². The molecule has 10 N–H and O–H groups in total. The first-order valence-corrected chi connectivity index (χ1v) is 22.1. The summed E-state index contributed by atoms with van der Waals surface area (Å²) >= 11 is 5.86. The van der Waals surface area contributed by atoms with E-state index in [0.717, 1.165) is 0 Å². The van der Waals surface area contributed by atoms with Gasteiger partial charge in [-0.25, -0.2) is 8.42 Å². The van der Waals surface area contributed by atoms with Crippen LogP contribution < -0.4 is 37.5 Å². The molecule has 0 saturated carbocycles. The van der Waals surface area contributed by atoms with Gasteiger partial charge in [0.05, 0.1) is 4.90 Å². The lowest BCUT2D eigenvalue weighted by atomic mass is 9.95. The number of unbranched alkanes of at least 4 members (excludes halogenated alkanes) is 2. The third-order valence-electron chi connectivity index (χ3n) is 9.83. The van der Waals surface area contributed by atoms with E-state index in [1.54, 1.807) is 12.1 Å². The van der Waals surface area contributed by atoms with Crippen molar-refractivity contribution in [3.05, 3.63) is 59.1 Å². The van der Waals surface area contributed by atoms with E-state index in [1.165, 1.54) is 48.3 Å². The molecular weight excluding hydrogens is 832 g/mol. The van der Waals surface area contributed by atoms with Gasteiger partial charge in [0.15, 0.2) is 0 Å². The Bertz CT molecular complexity index is 1920. The predicted molar refractivity (Wildman–Crippen MR) is 230 cm³/mol. The average molecular weight is 894 g/mol. The molecule has 5 atom stereocenters. The largest absolute Gasteiger partial charge is 0.480 e. The Balaban J connectivity index is 2.09. The summed E-state index contributed by atoms with van der Waals surface area (Å²) in [6.45, 7) is 7.74. The van der Waals surface area contributed by atoms with Crippen LogP contribution in [-0.4, -0.2) is 104 Å². The number of primary amides is 1. The fourth-order valence-electron chi connectivity index (χ4n) is 6.29. The zero-order chi connectivity index (χ0) is 45.9. The highest BCUT2D eigenvalue weighted by molar-refractivity contribution is 7.89. The van der Waals surface area contributed by atoms with E-state index in [4.69, 9.17) is 23.1 Å². The lowest BCUT2D eigenvalue weighted by Crippen LogP contribution is -2.58. The van der Waals surface area contributed by atoms with Crippen molar-refractivity contribution in [1.82, 2.24) is 25.6 Å². The molecule has 18 nitrogen and oxygen atoms in total. The van der Waals surface area contributed by atoms with Crippen LogP contribution in [0.5, 0.6) is 0 Å². The molecule has 6 amide bonds. The fraction of sp³-hybridized carbons (Fsp3) is 0.537. The smallest absolute Gasteiger partial charge is 0.321 e. The minimum Gasteiger partial charge on any atom is -0.480 e. The summed E-state index contributed by atoms with van der Waals surface area (Å²) in [6.07, 6.45) is 1.89. The van der Waals surface area contributed by atoms with E-state index in [0.29, 0.717) is 42.8 Å². The molecule has 338 valence electrons. The van der Waals surface area contributed by atoms with E-state index in [2.05, 4.69) is 26.0 Å². The van der Waals surface area contributed by atoms with E-state index in [1.807, 2.05) is 27.7 Å². The first-order valence-electron chi connectivity index (χ1n) is 20.2. The van der Waals surface area contributed by atoms with Gasteiger partial charge in [-0.3, -0.25) is 33.6 Å². The number of amides is 6. The number of nitrogens with two attached hydrogens (primary N) is 2. The lowest BCUT2D eigenvalue weighted by Gasteiger charge is -2.35. The molecule has 2 aromatic rings. The summed E-state index contributed by atoms with van der Waals surface area (Å²) in [5.74, 6) is -5.11. The lowest BCUT2D eigenvalue weighted by molar-refractivity contribution is -0.144. The predicted octanol–water partition coefficient (Wildman–Crippen LogP) is 2.50. The molecule has 0 aliphatic rings. The zero-order valence-electron chi connectivity index (χ0n) is 35.4. The van der Waals surface area contributed by atoms with Gasteiger partial charge in [0.25, 0.3) is 5.91 Å². The van der Waals surface area contributed by atoms with Crippen LogP contribution >= 0.6 is 11.6 Å². The molecule has 2 aromatic carbocycles. The molecule has 0 saturated heterocycles. The zero-order valence-corrected chi connectivity index (χ0v) is 36.9. The molecule has 0 aliphatic heterocycles. The topological polar surface area (TPSA) is 289 Å². The number of nitrogens with one attached hydrogen (secondary N) is 5. The van der Waals surface area contributed by atoms with Crippen LogP contribution in [0.2, 0.25) is 5.02 Å². The molecule has 61 heavy (non-hydrogen) atoms. The van der Waals surface area contributed by atoms with Crippen LogP contribution in [0.25, 0.3) is 0 Å². The minimum atomic E-state index is -4.41. The van der Waals surface area contributed by atoms with E-state index >= 15 is 0 Å². The summed E-state index contributed by atoms with van der Waals surface area (Å²) < 4.78 is 28.4. The number of nitrogens with zero attached hydrogens (tertiary/aromatic N) is 1. The first-order chi connectivity index (χ1) is 28.7. The summed E-state index contributed by atoms with van der Waals surface area (Å²) in [4.78, 5) is 90.8. The second-order valence-electron chi connectivity index (χ2n) is 15.3. The van der Waals surface area contributed by atoms with Gasteiger partial charge in [-0.15, -0.1) is 0 Å². The van der Waals surface area contributed by atoms with Crippen molar-refractivity contribution in [2.45, 2.75) is 115 Å². The highest BCUT2D eigenvalue weighted by atomic mass is 35.5. The van der Waals surface area contributed by atoms with Crippen LogP contribution in [0.1, 0.15) is 95.8 Å². The Morgan fingerprint density at radius 1 is 0.820 bits per heavy atom. The van der Waals surface area contributed by atoms with E-state index < -0.39 is 82.5 Å². The Hall–Kier alpha value is -5.11. The Morgan fingerprint density at radius 3 is 2.02 bits per heavy atom. The summed E-state index contributed by atoms with van der Waals surface area (Å²) in [6, 6.07) is 6.22. The summed E-state index contributed by atoms with van der Waals surface area (Å²) in [7, 11) is -2.92. The van der Waals surface area contributed by atoms with Crippen molar-refractivity contribution in [2.75, 3.05) is 25.5 Å². The van der Waals surface area contributed by atoms with Crippen molar-refractivity contribution >= 4 is 68.7 Å². The number of carbonyl (C=O) groups is 7. The number of sulfonamides is 1. The summed E-state index contributed by atoms with van der Waals surface area (Å²) in [5, 5.41) is 21.0. The van der Waals surface area contributed by atoms with Gasteiger partial charge in [0.2, 0.25) is 39.6 Å². The quantitative estimate of drug-likeness (QED) is 0.0603. The SMILES string of the molecule is CC[C@H](C)[C@@H](C(=O)NCCCCCC(N)=O)N(C)C(=O)[C@H](CC(C)C)NC(=O)[C@H](CCN)NC(=O)CC[C@@H](NS(=O)(=O)c1ccc(NC(=O)c2ccc(Cl)cc2)cc1)C(=O)O. The molecule has 0 spiro atoms. The average Bonchev–Trinajstić information content (AvgIpc) is 3.19. The van der Waals surface area contributed by atoms with Crippen LogP contribution in [-0.2, 0) is 38.8 Å². The van der Waals surface area contributed by atoms with Crippen LogP contribution in [0, 0.1) is 11.8 Å². The van der Waals surface area contributed by atoms with Gasteiger partial charge < -0.3 is 42.7 Å². The number of carbonyl (C=O) groups excluding carboxylic acids is 6. The highest BCUT2D eigenvalue weighted by Crippen LogP contribution is 2.19. The third kappa shape index (κ3) is 17.8. The maximum absolute atomic E-state index is 14.0. The summed E-state index contributed by atoms with van der Waals surface area (Å²) in [5.41, 5.74) is 11.5. The molecule has 0 aromatic heterocycles. The van der Waals surface area contributed by atoms with Gasteiger partial charge >= 0.3 is 5.97 Å². The number of anilines is 1. The molecule has 0 unspecified atom stereocenters. The number of carboxylic acids is 1. The van der Waals surface area contributed by atoms with Crippen molar-refractivity contribution in [1.29, 1.82) is 0 Å². The highest BCUT2D eigenvalue weighted by Gasteiger charge is 2.36. The van der Waals surface area contributed by atoms with Gasteiger partial charge in [-0.2, -0.15) is 4.72 Å². The van der Waals surface area contributed by atoms with Crippen molar-refractivity contribution in [2.24, 2.45) is 23.3 Å². The van der Waals surface area contributed by atoms with Crippen LogP contribution in [0.4, 0.5) is 5.69 Å². The van der Waals surface area contributed by atoms with Gasteiger partial charge in [-0.1, -0.05) is 52.1 Å². The van der Waals surface area contributed by atoms with E-state index in [9.17, 15) is 47.1 Å². The second-order valence-corrected chi connectivity index (χ2v) is 17.4. The Kier molecular flexibility index (Phi) is 21.8. The Labute approximate surface area is 362 Å².